The Morgan fingerprint density at radius 1 is 0.929 bits per heavy atom. The monoisotopic (exact) mass is 400 g/mol. The fraction of sp³-hybridized carbons (Fsp3) is 0.913. The minimum Gasteiger partial charge on any atom is -0.394 e. The Balaban J connectivity index is 1.85. The van der Waals surface area contributed by atoms with Crippen LogP contribution in [0.1, 0.15) is 90.4 Å². The number of unbranched alkanes of at least 4 members (excludes halogenated alkanes) is 11. The third kappa shape index (κ3) is 11.5. The first kappa shape index (κ1) is 25.6. The molecule has 5 nitrogen and oxygen atoms in total. The molecule has 0 aliphatic carbocycles. The molecule has 1 heterocycles. The predicted octanol–water partition coefficient (Wildman–Crippen LogP) is 4.13. The number of ether oxygens (including phenoxy) is 2. The van der Waals surface area contributed by atoms with E-state index in [1.165, 1.54) is 70.6 Å². The molecular formula is C23H44O5. The second-order valence-electron chi connectivity index (χ2n) is 8.03. The zero-order valence-corrected chi connectivity index (χ0v) is 17.9. The van der Waals surface area contributed by atoms with E-state index in [4.69, 9.17) is 14.6 Å². The van der Waals surface area contributed by atoms with Crippen molar-refractivity contribution in [3.05, 3.63) is 12.2 Å². The summed E-state index contributed by atoms with van der Waals surface area (Å²) in [5.41, 5.74) is 0. The largest absolute Gasteiger partial charge is 0.394 e. The van der Waals surface area contributed by atoms with Gasteiger partial charge in [-0.05, 0) is 32.1 Å². The lowest BCUT2D eigenvalue weighted by molar-refractivity contribution is -0.0730. The van der Waals surface area contributed by atoms with Gasteiger partial charge in [-0.1, -0.05) is 70.4 Å². The molecule has 0 aromatic carbocycles. The van der Waals surface area contributed by atoms with E-state index in [0.29, 0.717) is 6.61 Å². The molecule has 0 spiro atoms. The number of aliphatic hydroxyl groups excluding tert-OH is 3. The lowest BCUT2D eigenvalue weighted by Crippen LogP contribution is -2.41. The lowest BCUT2D eigenvalue weighted by Gasteiger charge is -2.20. The Kier molecular flexibility index (Phi) is 15.9. The maximum Gasteiger partial charge on any atom is 0.114 e. The molecule has 0 amide bonds. The Morgan fingerprint density at radius 3 is 2.11 bits per heavy atom. The van der Waals surface area contributed by atoms with Crippen molar-refractivity contribution >= 4 is 0 Å². The molecule has 28 heavy (non-hydrogen) atoms. The number of rotatable bonds is 18. The standard InChI is InChI=1S/C23H44O5/c1-2-3-4-5-6-7-8-9-10-11-12-13-14-15-16-17-27-21-19-28-23(22(21)26)20(25)18-24/h9-10,20-26H,2-8,11-19H2,1H3/b10-9+/t20-,21+,22+,23+/m1/s1. The topological polar surface area (TPSA) is 79.2 Å². The maximum atomic E-state index is 10.0. The van der Waals surface area contributed by atoms with E-state index in [0.717, 1.165) is 12.8 Å². The van der Waals surface area contributed by atoms with Crippen molar-refractivity contribution < 1.29 is 24.8 Å². The molecule has 0 unspecified atom stereocenters. The van der Waals surface area contributed by atoms with Crippen LogP contribution in [0.25, 0.3) is 0 Å². The number of aliphatic hydroxyl groups is 3. The highest BCUT2D eigenvalue weighted by Crippen LogP contribution is 2.20. The average molecular weight is 401 g/mol. The van der Waals surface area contributed by atoms with Crippen LogP contribution < -0.4 is 0 Å². The molecule has 4 atom stereocenters. The van der Waals surface area contributed by atoms with Crippen LogP contribution in [-0.4, -0.2) is 59.6 Å². The van der Waals surface area contributed by atoms with Gasteiger partial charge in [0.15, 0.2) is 0 Å². The third-order valence-corrected chi connectivity index (χ3v) is 5.47. The molecule has 0 bridgehead atoms. The Labute approximate surface area is 172 Å². The highest BCUT2D eigenvalue weighted by molar-refractivity contribution is 4.88. The molecule has 1 rings (SSSR count). The van der Waals surface area contributed by atoms with Crippen molar-refractivity contribution in [1.82, 2.24) is 0 Å². The quantitative estimate of drug-likeness (QED) is 0.238. The van der Waals surface area contributed by atoms with Gasteiger partial charge in [0.2, 0.25) is 0 Å². The lowest BCUT2D eigenvalue weighted by atomic mass is 10.1. The van der Waals surface area contributed by atoms with Crippen molar-refractivity contribution in [2.75, 3.05) is 19.8 Å². The van der Waals surface area contributed by atoms with Crippen molar-refractivity contribution in [2.45, 2.75) is 115 Å². The molecule has 1 aliphatic rings. The van der Waals surface area contributed by atoms with Gasteiger partial charge < -0.3 is 24.8 Å². The number of hydrogen-bond acceptors (Lipinski definition) is 5. The zero-order chi connectivity index (χ0) is 20.5. The van der Waals surface area contributed by atoms with Gasteiger partial charge in [0.25, 0.3) is 0 Å². The van der Waals surface area contributed by atoms with Crippen LogP contribution in [-0.2, 0) is 9.47 Å². The van der Waals surface area contributed by atoms with Gasteiger partial charge in [0.1, 0.15) is 24.4 Å². The molecule has 0 aromatic rings. The molecular weight excluding hydrogens is 356 g/mol. The maximum absolute atomic E-state index is 10.0. The molecule has 1 saturated heterocycles. The highest BCUT2D eigenvalue weighted by Gasteiger charge is 2.40. The molecule has 5 heteroatoms. The van der Waals surface area contributed by atoms with Gasteiger partial charge in [-0.25, -0.2) is 0 Å². The van der Waals surface area contributed by atoms with Gasteiger partial charge in [0.05, 0.1) is 13.2 Å². The van der Waals surface area contributed by atoms with Crippen LogP contribution in [0.4, 0.5) is 0 Å². The first-order valence-corrected chi connectivity index (χ1v) is 11.6. The molecule has 0 aromatic heterocycles. The van der Waals surface area contributed by atoms with E-state index in [1.54, 1.807) is 0 Å². The van der Waals surface area contributed by atoms with Crippen LogP contribution in [0.2, 0.25) is 0 Å². The first-order valence-electron chi connectivity index (χ1n) is 11.6. The molecule has 166 valence electrons. The number of allylic oxidation sites excluding steroid dienone is 2. The van der Waals surface area contributed by atoms with E-state index in [9.17, 15) is 10.2 Å². The van der Waals surface area contributed by atoms with E-state index >= 15 is 0 Å². The Bertz CT molecular complexity index is 374. The summed E-state index contributed by atoms with van der Waals surface area (Å²) in [7, 11) is 0. The predicted molar refractivity (Wildman–Crippen MR) is 113 cm³/mol. The molecule has 3 N–H and O–H groups in total. The summed E-state index contributed by atoms with van der Waals surface area (Å²) >= 11 is 0. The first-order chi connectivity index (χ1) is 13.7. The summed E-state index contributed by atoms with van der Waals surface area (Å²) < 4.78 is 11.0. The SMILES string of the molecule is CCCCCCCC/C=C/CCCCCCCO[C@H]1CO[C@@H]([C@H](O)CO)[C@H]1O. The fourth-order valence-electron chi connectivity index (χ4n) is 3.61. The second-order valence-corrected chi connectivity index (χ2v) is 8.03. The number of hydrogen-bond donors (Lipinski definition) is 3. The summed E-state index contributed by atoms with van der Waals surface area (Å²) in [5.74, 6) is 0. The highest BCUT2D eigenvalue weighted by atomic mass is 16.6. The van der Waals surface area contributed by atoms with Crippen LogP contribution >= 0.6 is 0 Å². The van der Waals surface area contributed by atoms with E-state index < -0.39 is 31.0 Å². The summed E-state index contributed by atoms with van der Waals surface area (Å²) in [6.07, 6.45) is 18.1. The summed E-state index contributed by atoms with van der Waals surface area (Å²) in [5, 5.41) is 28.5. The van der Waals surface area contributed by atoms with Crippen LogP contribution in [0.5, 0.6) is 0 Å². The second kappa shape index (κ2) is 17.4. The fourth-order valence-corrected chi connectivity index (χ4v) is 3.61. The minimum absolute atomic E-state index is 0.272. The van der Waals surface area contributed by atoms with Gasteiger partial charge in [-0.15, -0.1) is 0 Å². The van der Waals surface area contributed by atoms with Crippen molar-refractivity contribution in [2.24, 2.45) is 0 Å². The smallest absolute Gasteiger partial charge is 0.114 e. The minimum atomic E-state index is -1.05. The van der Waals surface area contributed by atoms with Crippen molar-refractivity contribution in [1.29, 1.82) is 0 Å². The van der Waals surface area contributed by atoms with Gasteiger partial charge in [0, 0.05) is 6.61 Å². The molecule has 1 aliphatic heterocycles. The van der Waals surface area contributed by atoms with Crippen molar-refractivity contribution in [3.63, 3.8) is 0 Å². The average Bonchev–Trinajstić information content (AvgIpc) is 3.07. The molecule has 0 saturated carbocycles. The van der Waals surface area contributed by atoms with Gasteiger partial charge in [-0.2, -0.15) is 0 Å². The summed E-state index contributed by atoms with van der Waals surface area (Å²) in [6, 6.07) is 0. The molecule has 1 fully saturated rings. The molecule has 0 radical (unpaired) electrons. The van der Waals surface area contributed by atoms with E-state index in [-0.39, 0.29) is 6.61 Å². The van der Waals surface area contributed by atoms with Crippen LogP contribution in [0.15, 0.2) is 12.2 Å². The summed E-state index contributed by atoms with van der Waals surface area (Å²) in [6.45, 7) is 2.72. The van der Waals surface area contributed by atoms with Crippen LogP contribution in [0.3, 0.4) is 0 Å². The van der Waals surface area contributed by atoms with Crippen LogP contribution in [0, 0.1) is 0 Å². The normalized spacial score (nSPS) is 23.6. The Morgan fingerprint density at radius 2 is 1.50 bits per heavy atom. The van der Waals surface area contributed by atoms with E-state index in [2.05, 4.69) is 19.1 Å². The zero-order valence-electron chi connectivity index (χ0n) is 17.9. The van der Waals surface area contributed by atoms with E-state index in [1.807, 2.05) is 0 Å². The van der Waals surface area contributed by atoms with Gasteiger partial charge in [-0.3, -0.25) is 0 Å². The van der Waals surface area contributed by atoms with Crippen molar-refractivity contribution in [3.8, 4) is 0 Å². The summed E-state index contributed by atoms with van der Waals surface area (Å²) in [4.78, 5) is 0. The van der Waals surface area contributed by atoms with Gasteiger partial charge >= 0.3 is 0 Å². The third-order valence-electron chi connectivity index (χ3n) is 5.47. The Hall–Kier alpha value is -0.460.